The molecule has 0 saturated heterocycles. The molecule has 0 radical (unpaired) electrons. The summed E-state index contributed by atoms with van der Waals surface area (Å²) in [6, 6.07) is 8.54. The Morgan fingerprint density at radius 3 is 2.68 bits per heavy atom. The van der Waals surface area contributed by atoms with E-state index in [0.717, 1.165) is 11.8 Å². The number of hydrogen-bond donors (Lipinski definition) is 2. The molecule has 1 aliphatic carbocycles. The number of aromatic nitrogens is 2. The van der Waals surface area contributed by atoms with Crippen LogP contribution in [0.25, 0.3) is 11.3 Å². The number of rotatable bonds is 6. The molecule has 37 heavy (non-hydrogen) atoms. The van der Waals surface area contributed by atoms with Crippen molar-refractivity contribution in [2.75, 3.05) is 13.1 Å². The number of alkyl halides is 3. The molecule has 0 fully saturated rings. The van der Waals surface area contributed by atoms with Gasteiger partial charge in [-0.05, 0) is 29.3 Å². The van der Waals surface area contributed by atoms with Gasteiger partial charge in [0.05, 0.1) is 24.8 Å². The fourth-order valence-electron chi connectivity index (χ4n) is 5.36. The van der Waals surface area contributed by atoms with E-state index in [4.69, 9.17) is 10.8 Å². The minimum atomic E-state index is -4.28. The van der Waals surface area contributed by atoms with E-state index in [1.807, 2.05) is 0 Å². The van der Waals surface area contributed by atoms with E-state index >= 15 is 0 Å². The Hall–Kier alpha value is -3.31. The van der Waals surface area contributed by atoms with Gasteiger partial charge >= 0.3 is 6.18 Å². The van der Waals surface area contributed by atoms with Gasteiger partial charge < -0.3 is 10.8 Å². The third-order valence-corrected chi connectivity index (χ3v) is 7.19. The molecule has 2 atom stereocenters. The van der Waals surface area contributed by atoms with Crippen LogP contribution in [0.15, 0.2) is 36.4 Å². The molecule has 0 bridgehead atoms. The highest BCUT2D eigenvalue weighted by Gasteiger charge is 2.36. The molecule has 0 spiro atoms. The molecule has 196 valence electrons. The van der Waals surface area contributed by atoms with Gasteiger partial charge in [-0.2, -0.15) is 18.3 Å². The first-order valence-corrected chi connectivity index (χ1v) is 11.9. The fourth-order valence-corrected chi connectivity index (χ4v) is 5.36. The predicted octanol–water partition coefficient (Wildman–Crippen LogP) is 3.94. The molecule has 3 N–H and O–H groups in total. The third-order valence-electron chi connectivity index (χ3n) is 7.19. The largest absolute Gasteiger partial charge is 0.392 e. The van der Waals surface area contributed by atoms with Crippen LogP contribution in [0.2, 0.25) is 0 Å². The highest BCUT2D eigenvalue weighted by molar-refractivity contribution is 5.94. The number of carbonyl (C=O) groups is 1. The maximum atomic E-state index is 14.3. The second kappa shape index (κ2) is 9.53. The summed E-state index contributed by atoms with van der Waals surface area (Å²) >= 11 is 0. The van der Waals surface area contributed by atoms with E-state index in [2.05, 4.69) is 0 Å². The lowest BCUT2D eigenvalue weighted by Gasteiger charge is -2.28. The highest BCUT2D eigenvalue weighted by Crippen LogP contribution is 2.39. The second-order valence-corrected chi connectivity index (χ2v) is 9.63. The molecule has 2 aliphatic rings. The van der Waals surface area contributed by atoms with Crippen molar-refractivity contribution in [2.45, 2.75) is 50.6 Å². The molecule has 1 amide bonds. The summed E-state index contributed by atoms with van der Waals surface area (Å²) in [5.74, 6) is -2.68. The number of nitrogens with two attached hydrogens (primary N) is 1. The van der Waals surface area contributed by atoms with Gasteiger partial charge in [0, 0.05) is 66.8 Å². The maximum absolute atomic E-state index is 14.3. The van der Waals surface area contributed by atoms with Crippen molar-refractivity contribution in [1.29, 1.82) is 0 Å². The minimum Gasteiger partial charge on any atom is -0.392 e. The van der Waals surface area contributed by atoms with E-state index in [0.29, 0.717) is 35.3 Å². The smallest absolute Gasteiger partial charge is 0.390 e. The molecular weight excluding hydrogens is 495 g/mol. The standard InChI is InChI=1S/C26H25F5N4O2/c27-16-9-17-18(21(28)10-16)11-23(36)19(17)13-35-22-4-6-34(7-5-26(29,30)31)12-20(22)24(33-35)14-2-1-3-15(8-14)25(32)37/h1-3,8-10,19,23,36H,4-7,11-13H2,(H2,32,37)/t19?,23-/m1/s1. The summed E-state index contributed by atoms with van der Waals surface area (Å²) in [6.07, 6.45) is -5.71. The first-order chi connectivity index (χ1) is 17.5. The van der Waals surface area contributed by atoms with Gasteiger partial charge in [0.25, 0.3) is 0 Å². The Bertz CT molecular complexity index is 1350. The van der Waals surface area contributed by atoms with Gasteiger partial charge in [0.15, 0.2) is 0 Å². The van der Waals surface area contributed by atoms with Gasteiger partial charge in [-0.1, -0.05) is 12.1 Å². The van der Waals surface area contributed by atoms with Gasteiger partial charge in [0.2, 0.25) is 5.91 Å². The molecular formula is C26H25F5N4O2. The Labute approximate surface area is 209 Å². The lowest BCUT2D eigenvalue weighted by Crippen LogP contribution is -2.34. The average molecular weight is 521 g/mol. The van der Waals surface area contributed by atoms with Crippen molar-refractivity contribution >= 4 is 5.91 Å². The molecule has 11 heteroatoms. The van der Waals surface area contributed by atoms with Crippen molar-refractivity contribution in [3.8, 4) is 11.3 Å². The van der Waals surface area contributed by atoms with Crippen LogP contribution in [0.1, 0.15) is 45.1 Å². The van der Waals surface area contributed by atoms with Crippen LogP contribution in [0, 0.1) is 11.6 Å². The van der Waals surface area contributed by atoms with E-state index < -0.39 is 42.2 Å². The Balaban J connectivity index is 1.53. The summed E-state index contributed by atoms with van der Waals surface area (Å²) in [5.41, 5.74) is 8.91. The number of carbonyl (C=O) groups excluding carboxylic acids is 1. The van der Waals surface area contributed by atoms with Crippen molar-refractivity contribution in [3.63, 3.8) is 0 Å². The molecule has 1 aromatic heterocycles. The molecule has 2 aromatic carbocycles. The molecule has 5 rings (SSSR count). The molecule has 1 unspecified atom stereocenters. The minimum absolute atomic E-state index is 0.0499. The number of nitrogens with zero attached hydrogens (tertiary/aromatic N) is 3. The molecule has 6 nitrogen and oxygen atoms in total. The highest BCUT2D eigenvalue weighted by atomic mass is 19.4. The number of amides is 1. The third kappa shape index (κ3) is 5.10. The number of benzene rings is 2. The number of halogens is 5. The van der Waals surface area contributed by atoms with Crippen LogP contribution < -0.4 is 5.73 Å². The molecule has 1 aliphatic heterocycles. The lowest BCUT2D eigenvalue weighted by atomic mass is 9.98. The summed E-state index contributed by atoms with van der Waals surface area (Å²) in [4.78, 5) is 13.4. The zero-order valence-electron chi connectivity index (χ0n) is 19.7. The average Bonchev–Trinajstić information content (AvgIpc) is 3.35. The maximum Gasteiger partial charge on any atom is 0.390 e. The van der Waals surface area contributed by atoms with Crippen LogP contribution in [-0.4, -0.2) is 51.1 Å². The fraction of sp³-hybridized carbons (Fsp3) is 0.385. The quantitative estimate of drug-likeness (QED) is 0.483. The van der Waals surface area contributed by atoms with Gasteiger partial charge in [-0.3, -0.25) is 14.4 Å². The zero-order chi connectivity index (χ0) is 26.5. The molecule has 0 saturated carbocycles. The first kappa shape index (κ1) is 25.3. The first-order valence-electron chi connectivity index (χ1n) is 11.9. The number of aliphatic hydroxyl groups excluding tert-OH is 1. The van der Waals surface area contributed by atoms with E-state index in [-0.39, 0.29) is 37.2 Å². The Morgan fingerprint density at radius 2 is 1.95 bits per heavy atom. The monoisotopic (exact) mass is 520 g/mol. The second-order valence-electron chi connectivity index (χ2n) is 9.63. The normalized spacial score (nSPS) is 19.6. The summed E-state index contributed by atoms with van der Waals surface area (Å²) in [5, 5.41) is 15.4. The van der Waals surface area contributed by atoms with Gasteiger partial charge in [-0.15, -0.1) is 0 Å². The van der Waals surface area contributed by atoms with Crippen molar-refractivity contribution in [1.82, 2.24) is 14.7 Å². The molecule has 2 heterocycles. The van der Waals surface area contributed by atoms with Crippen molar-refractivity contribution < 1.29 is 31.9 Å². The van der Waals surface area contributed by atoms with Crippen LogP contribution in [0.4, 0.5) is 22.0 Å². The number of primary amides is 1. The van der Waals surface area contributed by atoms with Gasteiger partial charge in [0.1, 0.15) is 11.6 Å². The summed E-state index contributed by atoms with van der Waals surface area (Å²) in [7, 11) is 0. The topological polar surface area (TPSA) is 84.4 Å². The Kier molecular flexibility index (Phi) is 6.53. The van der Waals surface area contributed by atoms with Crippen LogP contribution in [0.3, 0.4) is 0 Å². The summed E-state index contributed by atoms with van der Waals surface area (Å²) < 4.78 is 68.6. The number of fused-ring (bicyclic) bond motifs is 2. The summed E-state index contributed by atoms with van der Waals surface area (Å²) in [6.45, 7) is 0.566. The van der Waals surface area contributed by atoms with Crippen LogP contribution in [0.5, 0.6) is 0 Å². The van der Waals surface area contributed by atoms with Crippen molar-refractivity contribution in [2.24, 2.45) is 5.73 Å². The number of aliphatic hydroxyl groups is 1. The SMILES string of the molecule is NC(=O)c1cccc(-c2nn(CC3c4cc(F)cc(F)c4C[C@H]3O)c3c2CN(CCC(F)(F)F)CC3)c1. The van der Waals surface area contributed by atoms with Crippen LogP contribution >= 0.6 is 0 Å². The predicted molar refractivity (Wildman–Crippen MR) is 125 cm³/mol. The Morgan fingerprint density at radius 1 is 1.16 bits per heavy atom. The molecule has 3 aromatic rings. The van der Waals surface area contributed by atoms with Crippen molar-refractivity contribution in [3.05, 3.63) is 76.0 Å². The van der Waals surface area contributed by atoms with E-state index in [1.54, 1.807) is 33.8 Å². The number of hydrogen-bond acceptors (Lipinski definition) is 4. The van der Waals surface area contributed by atoms with Crippen LogP contribution in [-0.2, 0) is 25.9 Å². The lowest BCUT2D eigenvalue weighted by molar-refractivity contribution is -0.138. The van der Waals surface area contributed by atoms with E-state index in [1.165, 1.54) is 6.07 Å². The van der Waals surface area contributed by atoms with Gasteiger partial charge in [-0.25, -0.2) is 8.78 Å². The zero-order valence-corrected chi connectivity index (χ0v) is 19.7. The van der Waals surface area contributed by atoms with E-state index in [9.17, 15) is 31.9 Å².